The van der Waals surface area contributed by atoms with Crippen LogP contribution in [0.25, 0.3) is 0 Å². The molecule has 1 aliphatic heterocycles. The molecule has 0 saturated heterocycles. The molecule has 0 spiro atoms. The van der Waals surface area contributed by atoms with E-state index in [1.54, 1.807) is 4.90 Å². The molecule has 2 aromatic carbocycles. The Morgan fingerprint density at radius 3 is 2.63 bits per heavy atom. The molecule has 0 fully saturated rings. The number of benzene rings is 2. The summed E-state index contributed by atoms with van der Waals surface area (Å²) in [5.41, 5.74) is 1.99. The van der Waals surface area contributed by atoms with Gasteiger partial charge >= 0.3 is 12.2 Å². The lowest BCUT2D eigenvalue weighted by Gasteiger charge is -2.15. The average molecular weight is 377 g/mol. The van der Waals surface area contributed by atoms with Crippen molar-refractivity contribution in [2.75, 3.05) is 16.8 Å². The molecule has 0 radical (unpaired) electrons. The molecule has 2 aromatic rings. The zero-order valence-electron chi connectivity index (χ0n) is 14.6. The number of hydrogen-bond donors (Lipinski definition) is 2. The van der Waals surface area contributed by atoms with Gasteiger partial charge in [0, 0.05) is 31.4 Å². The number of alkyl halides is 3. The normalized spacial score (nSPS) is 13.3. The van der Waals surface area contributed by atoms with Gasteiger partial charge < -0.3 is 15.5 Å². The monoisotopic (exact) mass is 377 g/mol. The molecule has 1 aliphatic rings. The first-order valence-electron chi connectivity index (χ1n) is 8.36. The number of halogens is 3. The Balaban J connectivity index is 1.60. The highest BCUT2D eigenvalue weighted by molar-refractivity contribution is 5.93. The first kappa shape index (κ1) is 18.8. The molecule has 1 heterocycles. The quantitative estimate of drug-likeness (QED) is 0.851. The molecule has 5 nitrogen and oxygen atoms in total. The third-order valence-corrected chi connectivity index (χ3v) is 4.32. The molecule has 142 valence electrons. The fourth-order valence-corrected chi connectivity index (χ4v) is 3.02. The van der Waals surface area contributed by atoms with E-state index in [4.69, 9.17) is 0 Å². The molecule has 3 amide bonds. The maximum absolute atomic E-state index is 12.7. The topological polar surface area (TPSA) is 61.4 Å². The van der Waals surface area contributed by atoms with Crippen molar-refractivity contribution >= 4 is 23.3 Å². The van der Waals surface area contributed by atoms with Crippen molar-refractivity contribution in [3.63, 3.8) is 0 Å². The van der Waals surface area contributed by atoms with E-state index in [2.05, 4.69) is 10.6 Å². The second-order valence-electron chi connectivity index (χ2n) is 6.27. The van der Waals surface area contributed by atoms with E-state index in [9.17, 15) is 22.8 Å². The van der Waals surface area contributed by atoms with Crippen molar-refractivity contribution < 1.29 is 22.8 Å². The predicted octanol–water partition coefficient (Wildman–Crippen LogP) is 3.94. The van der Waals surface area contributed by atoms with E-state index >= 15 is 0 Å². The van der Waals surface area contributed by atoms with Crippen LogP contribution in [0.2, 0.25) is 0 Å². The van der Waals surface area contributed by atoms with Crippen LogP contribution in [0.15, 0.2) is 42.5 Å². The summed E-state index contributed by atoms with van der Waals surface area (Å²) in [6.07, 6.45) is -3.72. The van der Waals surface area contributed by atoms with Crippen LogP contribution in [0.1, 0.15) is 23.6 Å². The smallest absolute Gasteiger partial charge is 0.334 e. The van der Waals surface area contributed by atoms with E-state index in [0.717, 1.165) is 35.4 Å². The Bertz CT molecular complexity index is 881. The minimum atomic E-state index is -4.47. The Morgan fingerprint density at radius 1 is 1.15 bits per heavy atom. The number of rotatable bonds is 3. The van der Waals surface area contributed by atoms with E-state index in [1.165, 1.54) is 19.1 Å². The van der Waals surface area contributed by atoms with Gasteiger partial charge in [0.15, 0.2) is 0 Å². The Hall–Kier alpha value is -3.03. The Kier molecular flexibility index (Phi) is 5.07. The van der Waals surface area contributed by atoms with Crippen molar-refractivity contribution in [1.29, 1.82) is 0 Å². The molecule has 0 bridgehead atoms. The van der Waals surface area contributed by atoms with Gasteiger partial charge in [-0.25, -0.2) is 4.79 Å². The van der Waals surface area contributed by atoms with Gasteiger partial charge in [-0.2, -0.15) is 13.2 Å². The van der Waals surface area contributed by atoms with Crippen molar-refractivity contribution in [3.05, 3.63) is 59.2 Å². The number of hydrogen-bond acceptors (Lipinski definition) is 2. The predicted molar refractivity (Wildman–Crippen MR) is 95.5 cm³/mol. The fraction of sp³-hybridized carbons (Fsp3) is 0.263. The SMILES string of the molecule is CC(=O)N1CCc2cc(CNC(=O)Nc3cccc(C(F)(F)F)c3)ccc21. The maximum Gasteiger partial charge on any atom is 0.416 e. The van der Waals surface area contributed by atoms with Crippen LogP contribution in [0.5, 0.6) is 0 Å². The van der Waals surface area contributed by atoms with Gasteiger partial charge in [0.05, 0.1) is 5.56 Å². The minimum Gasteiger partial charge on any atom is -0.334 e. The third-order valence-electron chi connectivity index (χ3n) is 4.32. The summed E-state index contributed by atoms with van der Waals surface area (Å²) in [4.78, 5) is 25.2. The van der Waals surface area contributed by atoms with Gasteiger partial charge in [0.2, 0.25) is 5.91 Å². The highest BCUT2D eigenvalue weighted by Gasteiger charge is 2.30. The number of amides is 3. The van der Waals surface area contributed by atoms with Crippen LogP contribution in [-0.4, -0.2) is 18.5 Å². The van der Waals surface area contributed by atoms with Crippen LogP contribution in [0.4, 0.5) is 29.3 Å². The third kappa shape index (κ3) is 4.39. The molecule has 2 N–H and O–H groups in total. The van der Waals surface area contributed by atoms with E-state index < -0.39 is 17.8 Å². The minimum absolute atomic E-state index is 0.0138. The number of urea groups is 1. The lowest BCUT2D eigenvalue weighted by molar-refractivity contribution is -0.137. The lowest BCUT2D eigenvalue weighted by atomic mass is 10.1. The summed E-state index contributed by atoms with van der Waals surface area (Å²) in [5.74, 6) is -0.0138. The number of anilines is 2. The second-order valence-corrected chi connectivity index (χ2v) is 6.27. The van der Waals surface area contributed by atoms with Gasteiger partial charge in [0.1, 0.15) is 0 Å². The van der Waals surface area contributed by atoms with Crippen molar-refractivity contribution in [2.24, 2.45) is 0 Å². The Labute approximate surface area is 154 Å². The van der Waals surface area contributed by atoms with E-state index in [1.807, 2.05) is 18.2 Å². The fourth-order valence-electron chi connectivity index (χ4n) is 3.02. The lowest BCUT2D eigenvalue weighted by Crippen LogP contribution is -2.28. The van der Waals surface area contributed by atoms with Crippen molar-refractivity contribution in [2.45, 2.75) is 26.1 Å². The Morgan fingerprint density at radius 2 is 1.93 bits per heavy atom. The number of carbonyl (C=O) groups excluding carboxylic acids is 2. The maximum atomic E-state index is 12.7. The zero-order chi connectivity index (χ0) is 19.6. The van der Waals surface area contributed by atoms with E-state index in [-0.39, 0.29) is 18.1 Å². The zero-order valence-corrected chi connectivity index (χ0v) is 14.6. The highest BCUT2D eigenvalue weighted by atomic mass is 19.4. The van der Waals surface area contributed by atoms with Crippen molar-refractivity contribution in [3.8, 4) is 0 Å². The average Bonchev–Trinajstić information content (AvgIpc) is 3.03. The number of nitrogens with one attached hydrogen (secondary N) is 2. The van der Waals surface area contributed by atoms with Crippen LogP contribution >= 0.6 is 0 Å². The molecule has 27 heavy (non-hydrogen) atoms. The summed E-state index contributed by atoms with van der Waals surface area (Å²) in [6, 6.07) is 9.42. The molecule has 8 heteroatoms. The molecule has 3 rings (SSSR count). The molecule has 0 atom stereocenters. The molecular formula is C19H18F3N3O2. The molecule has 0 aromatic heterocycles. The first-order chi connectivity index (χ1) is 12.7. The van der Waals surface area contributed by atoms with Gasteiger partial charge in [-0.15, -0.1) is 0 Å². The van der Waals surface area contributed by atoms with Gasteiger partial charge in [-0.05, 0) is 41.8 Å². The van der Waals surface area contributed by atoms with Gasteiger partial charge in [0.25, 0.3) is 0 Å². The van der Waals surface area contributed by atoms with E-state index in [0.29, 0.717) is 6.54 Å². The molecule has 0 aliphatic carbocycles. The van der Waals surface area contributed by atoms with Gasteiger partial charge in [-0.1, -0.05) is 18.2 Å². The second kappa shape index (κ2) is 7.30. The van der Waals surface area contributed by atoms with Crippen LogP contribution < -0.4 is 15.5 Å². The van der Waals surface area contributed by atoms with Crippen molar-refractivity contribution in [1.82, 2.24) is 5.32 Å². The standard InChI is InChI=1S/C19H18F3N3O2/c1-12(26)25-8-7-14-9-13(5-6-17(14)25)11-23-18(27)24-16-4-2-3-15(10-16)19(20,21)22/h2-6,9-10H,7-8,11H2,1H3,(H2,23,24,27). The largest absolute Gasteiger partial charge is 0.416 e. The summed E-state index contributed by atoms with van der Waals surface area (Å²) in [6.45, 7) is 2.37. The van der Waals surface area contributed by atoms with Gasteiger partial charge in [-0.3, -0.25) is 4.79 Å². The van der Waals surface area contributed by atoms with Crippen LogP contribution in [0.3, 0.4) is 0 Å². The number of fused-ring (bicyclic) bond motifs is 1. The number of nitrogens with zero attached hydrogens (tertiary/aromatic N) is 1. The summed E-state index contributed by atoms with van der Waals surface area (Å²) in [7, 11) is 0. The molecule has 0 saturated carbocycles. The summed E-state index contributed by atoms with van der Waals surface area (Å²) >= 11 is 0. The first-order valence-corrected chi connectivity index (χ1v) is 8.36. The van der Waals surface area contributed by atoms with Crippen LogP contribution in [0, 0.1) is 0 Å². The van der Waals surface area contributed by atoms with Crippen LogP contribution in [-0.2, 0) is 23.9 Å². The molecular weight excluding hydrogens is 359 g/mol. The summed E-state index contributed by atoms with van der Waals surface area (Å²) in [5, 5.41) is 5.01. The highest BCUT2D eigenvalue weighted by Crippen LogP contribution is 2.31. The number of carbonyl (C=O) groups is 2. The summed E-state index contributed by atoms with van der Waals surface area (Å²) < 4.78 is 38.1. The molecule has 0 unspecified atom stereocenters.